The Morgan fingerprint density at radius 2 is 2.16 bits per heavy atom. The predicted molar refractivity (Wildman–Crippen MR) is 118 cm³/mol. The van der Waals surface area contributed by atoms with Gasteiger partial charge in [0.1, 0.15) is 17.0 Å². The van der Waals surface area contributed by atoms with Gasteiger partial charge in [-0.05, 0) is 25.0 Å². The number of carbonyl (C=O) groups is 1. The van der Waals surface area contributed by atoms with Gasteiger partial charge in [0.25, 0.3) is 5.91 Å². The molecule has 1 aliphatic carbocycles. The summed E-state index contributed by atoms with van der Waals surface area (Å²) in [5, 5.41) is 21.4. The molecule has 2 aliphatic rings. The van der Waals surface area contributed by atoms with Crippen LogP contribution in [-0.2, 0) is 4.74 Å². The number of aliphatic hydroxyl groups is 1. The van der Waals surface area contributed by atoms with Crippen molar-refractivity contribution in [2.45, 2.75) is 31.0 Å². The number of anilines is 1. The Kier molecular flexibility index (Phi) is 4.37. The fraction of sp³-hybridized carbons (Fsp3) is 0.364. The summed E-state index contributed by atoms with van der Waals surface area (Å²) in [6, 6.07) is 5.92. The minimum absolute atomic E-state index is 0.213. The number of amides is 1. The molecule has 10 nitrogen and oxygen atoms in total. The highest BCUT2D eigenvalue weighted by molar-refractivity contribution is 6.01. The zero-order valence-electron chi connectivity index (χ0n) is 17.5. The van der Waals surface area contributed by atoms with Gasteiger partial charge in [0, 0.05) is 42.5 Å². The quantitative estimate of drug-likeness (QED) is 0.438. The maximum atomic E-state index is 13.0. The van der Waals surface area contributed by atoms with Crippen molar-refractivity contribution in [3.05, 3.63) is 42.4 Å². The number of hydrogen-bond donors (Lipinski definition) is 3. The molecule has 1 saturated carbocycles. The van der Waals surface area contributed by atoms with Gasteiger partial charge in [-0.15, -0.1) is 0 Å². The summed E-state index contributed by atoms with van der Waals surface area (Å²) in [6.45, 7) is 0.491. The van der Waals surface area contributed by atoms with E-state index in [0.717, 1.165) is 35.1 Å². The van der Waals surface area contributed by atoms with Crippen LogP contribution in [0.25, 0.3) is 27.9 Å². The van der Waals surface area contributed by atoms with E-state index in [0.29, 0.717) is 23.1 Å². The zero-order chi connectivity index (χ0) is 21.8. The average Bonchev–Trinajstić information content (AvgIpc) is 3.25. The maximum Gasteiger partial charge on any atom is 0.257 e. The molecule has 1 amide bonds. The minimum Gasteiger partial charge on any atom is -0.388 e. The number of hydrogen-bond acceptors (Lipinski definition) is 7. The lowest BCUT2D eigenvalue weighted by molar-refractivity contribution is 0.0888. The Hall–Kier alpha value is -3.50. The van der Waals surface area contributed by atoms with Crippen molar-refractivity contribution in [2.75, 3.05) is 25.6 Å². The summed E-state index contributed by atoms with van der Waals surface area (Å²) in [4.78, 5) is 22.4. The molecule has 4 aromatic rings. The van der Waals surface area contributed by atoms with Crippen molar-refractivity contribution in [1.82, 2.24) is 29.5 Å². The second kappa shape index (κ2) is 7.28. The molecule has 6 rings (SSSR count). The first-order chi connectivity index (χ1) is 15.6. The SMILES string of the molecule is CNc1cc(-c2cn(C3CC3)c3ncccc23)nc2c(C(=O)NC3COC[C@@H]3O)cnn12. The van der Waals surface area contributed by atoms with Crippen LogP contribution in [0.5, 0.6) is 0 Å². The summed E-state index contributed by atoms with van der Waals surface area (Å²) < 4.78 is 9.07. The van der Waals surface area contributed by atoms with Gasteiger partial charge in [-0.25, -0.2) is 9.97 Å². The van der Waals surface area contributed by atoms with Gasteiger partial charge in [0.15, 0.2) is 5.65 Å². The second-order valence-electron chi connectivity index (χ2n) is 8.31. The molecule has 0 aromatic carbocycles. The highest BCUT2D eigenvalue weighted by Crippen LogP contribution is 2.40. The predicted octanol–water partition coefficient (Wildman–Crippen LogP) is 1.61. The molecule has 0 spiro atoms. The summed E-state index contributed by atoms with van der Waals surface area (Å²) in [5.41, 5.74) is 3.42. The van der Waals surface area contributed by atoms with Crippen molar-refractivity contribution in [2.24, 2.45) is 0 Å². The molecule has 4 aromatic heterocycles. The molecular weight excluding hydrogens is 410 g/mol. The molecule has 5 heterocycles. The Bertz CT molecular complexity index is 1340. The number of ether oxygens (including phenoxy) is 1. The number of rotatable bonds is 5. The normalized spacial score (nSPS) is 20.8. The molecule has 1 aliphatic heterocycles. The largest absolute Gasteiger partial charge is 0.388 e. The van der Waals surface area contributed by atoms with Crippen LogP contribution >= 0.6 is 0 Å². The molecular formula is C22H23N7O3. The summed E-state index contributed by atoms with van der Waals surface area (Å²) in [5.74, 6) is 0.368. The van der Waals surface area contributed by atoms with Gasteiger partial charge in [-0.3, -0.25) is 4.79 Å². The molecule has 164 valence electrons. The van der Waals surface area contributed by atoms with Crippen LogP contribution in [0, 0.1) is 0 Å². The van der Waals surface area contributed by atoms with E-state index in [2.05, 4.69) is 31.5 Å². The molecule has 2 fully saturated rings. The van der Waals surface area contributed by atoms with Crippen LogP contribution in [0.2, 0.25) is 0 Å². The fourth-order valence-corrected chi connectivity index (χ4v) is 4.28. The van der Waals surface area contributed by atoms with Gasteiger partial charge in [0.2, 0.25) is 0 Å². The third kappa shape index (κ3) is 3.02. The number of aromatic nitrogens is 5. The number of aliphatic hydroxyl groups excluding tert-OH is 1. The summed E-state index contributed by atoms with van der Waals surface area (Å²) in [7, 11) is 1.81. The highest BCUT2D eigenvalue weighted by Gasteiger charge is 2.30. The van der Waals surface area contributed by atoms with Crippen molar-refractivity contribution < 1.29 is 14.6 Å². The van der Waals surface area contributed by atoms with E-state index in [-0.39, 0.29) is 19.1 Å². The van der Waals surface area contributed by atoms with Crippen LogP contribution in [0.1, 0.15) is 29.2 Å². The smallest absolute Gasteiger partial charge is 0.257 e. The molecule has 1 saturated heterocycles. The zero-order valence-corrected chi connectivity index (χ0v) is 17.5. The van der Waals surface area contributed by atoms with E-state index < -0.39 is 12.1 Å². The first-order valence-electron chi connectivity index (χ1n) is 10.7. The van der Waals surface area contributed by atoms with Crippen LogP contribution in [0.3, 0.4) is 0 Å². The Morgan fingerprint density at radius 3 is 2.91 bits per heavy atom. The first kappa shape index (κ1) is 19.2. The lowest BCUT2D eigenvalue weighted by atomic mass is 10.1. The minimum atomic E-state index is -0.724. The van der Waals surface area contributed by atoms with Gasteiger partial charge >= 0.3 is 0 Å². The van der Waals surface area contributed by atoms with E-state index in [1.807, 2.05) is 18.2 Å². The van der Waals surface area contributed by atoms with Crippen molar-refractivity contribution in [3.63, 3.8) is 0 Å². The van der Waals surface area contributed by atoms with E-state index in [9.17, 15) is 9.90 Å². The Balaban J connectivity index is 1.47. The summed E-state index contributed by atoms with van der Waals surface area (Å²) >= 11 is 0. The number of nitrogens with zero attached hydrogens (tertiary/aromatic N) is 5. The average molecular weight is 433 g/mol. The molecule has 0 radical (unpaired) electrons. The van der Waals surface area contributed by atoms with Crippen LogP contribution in [-0.4, -0.2) is 67.6 Å². The fourth-order valence-electron chi connectivity index (χ4n) is 4.28. The molecule has 3 N–H and O–H groups in total. The number of fused-ring (bicyclic) bond motifs is 2. The highest BCUT2D eigenvalue weighted by atomic mass is 16.5. The molecule has 1 unspecified atom stereocenters. The van der Waals surface area contributed by atoms with Gasteiger partial charge < -0.3 is 25.0 Å². The molecule has 0 bridgehead atoms. The number of nitrogens with one attached hydrogen (secondary N) is 2. The van der Waals surface area contributed by atoms with Gasteiger partial charge in [0.05, 0.1) is 37.3 Å². The first-order valence-corrected chi connectivity index (χ1v) is 10.7. The van der Waals surface area contributed by atoms with Crippen molar-refractivity contribution in [1.29, 1.82) is 0 Å². The van der Waals surface area contributed by atoms with E-state index in [1.54, 1.807) is 17.8 Å². The van der Waals surface area contributed by atoms with E-state index in [4.69, 9.17) is 9.72 Å². The third-order valence-electron chi connectivity index (χ3n) is 6.15. The third-order valence-corrected chi connectivity index (χ3v) is 6.15. The van der Waals surface area contributed by atoms with Gasteiger partial charge in [-0.1, -0.05) is 0 Å². The molecule has 32 heavy (non-hydrogen) atoms. The second-order valence-corrected chi connectivity index (χ2v) is 8.31. The lowest BCUT2D eigenvalue weighted by Crippen LogP contribution is -2.42. The topological polar surface area (TPSA) is 119 Å². The number of pyridine rings is 1. The maximum absolute atomic E-state index is 13.0. The van der Waals surface area contributed by atoms with E-state index >= 15 is 0 Å². The number of carbonyl (C=O) groups excluding carboxylic acids is 1. The van der Waals surface area contributed by atoms with Gasteiger partial charge in [-0.2, -0.15) is 9.61 Å². The molecule has 10 heteroatoms. The van der Waals surface area contributed by atoms with Crippen LogP contribution in [0.4, 0.5) is 5.82 Å². The Labute approximate surface area is 183 Å². The molecule has 2 atom stereocenters. The van der Waals surface area contributed by atoms with Crippen molar-refractivity contribution in [3.8, 4) is 11.3 Å². The summed E-state index contributed by atoms with van der Waals surface area (Å²) in [6.07, 6.45) is 6.99. The monoisotopic (exact) mass is 433 g/mol. The lowest BCUT2D eigenvalue weighted by Gasteiger charge is -2.14. The van der Waals surface area contributed by atoms with E-state index in [1.165, 1.54) is 6.20 Å². The standard InChI is InChI=1S/C22H23N7O3/c1-23-19-7-16(15-9-28(12-4-5-12)20-13(15)3-2-6-24-20)26-21-14(8-25-29(19)21)22(31)27-17-10-32-11-18(17)30/h2-3,6-9,12,17-18,23,30H,4-5,10-11H2,1H3,(H,27,31)/t17?,18-/m0/s1. The van der Waals surface area contributed by atoms with Crippen molar-refractivity contribution >= 4 is 28.4 Å². The van der Waals surface area contributed by atoms with Crippen LogP contribution < -0.4 is 10.6 Å². The Morgan fingerprint density at radius 1 is 1.28 bits per heavy atom. The van der Waals surface area contributed by atoms with Crippen LogP contribution in [0.15, 0.2) is 36.8 Å².